The Bertz CT molecular complexity index is 801. The van der Waals surface area contributed by atoms with Gasteiger partial charge in [-0.3, -0.25) is 4.90 Å². The van der Waals surface area contributed by atoms with E-state index >= 15 is 0 Å². The Morgan fingerprint density at radius 1 is 1.14 bits per heavy atom. The molecule has 3 heterocycles. The zero-order valence-electron chi connectivity index (χ0n) is 16.1. The number of benzene rings is 1. The zero-order chi connectivity index (χ0) is 20.5. The van der Waals surface area contributed by atoms with Crippen molar-refractivity contribution in [2.75, 3.05) is 46.0 Å². The van der Waals surface area contributed by atoms with E-state index in [2.05, 4.69) is 9.64 Å². The number of hydrogen-bond donors (Lipinski definition) is 0. The van der Waals surface area contributed by atoms with Gasteiger partial charge in [0.05, 0.1) is 23.7 Å². The van der Waals surface area contributed by atoms with Crippen LogP contribution >= 0.6 is 0 Å². The summed E-state index contributed by atoms with van der Waals surface area (Å²) in [5, 5.41) is 0. The minimum Gasteiger partial charge on any atom is -0.435 e. The summed E-state index contributed by atoms with van der Waals surface area (Å²) in [6.45, 7) is 1.01. The van der Waals surface area contributed by atoms with E-state index in [9.17, 15) is 17.2 Å². The SMILES string of the molecule is O=S(=O)(c1ccc(OC(F)F)cc1)N1CCO[C@@]2(CCN([C@H]3CCCOC3)C2)C1. The monoisotopic (exact) mass is 432 g/mol. The van der Waals surface area contributed by atoms with Crippen molar-refractivity contribution in [2.24, 2.45) is 0 Å². The fraction of sp³-hybridized carbons (Fsp3) is 0.684. The number of rotatable bonds is 5. The number of halogens is 2. The van der Waals surface area contributed by atoms with Gasteiger partial charge in [0.25, 0.3) is 0 Å². The van der Waals surface area contributed by atoms with Crippen molar-refractivity contribution in [3.63, 3.8) is 0 Å². The fourth-order valence-electron chi connectivity index (χ4n) is 4.40. The van der Waals surface area contributed by atoms with Crippen LogP contribution in [0.1, 0.15) is 19.3 Å². The van der Waals surface area contributed by atoms with E-state index in [0.717, 1.165) is 32.4 Å². The smallest absolute Gasteiger partial charge is 0.387 e. The molecule has 162 valence electrons. The summed E-state index contributed by atoms with van der Waals surface area (Å²) < 4.78 is 68.2. The highest BCUT2D eigenvalue weighted by Crippen LogP contribution is 2.34. The number of hydrogen-bond acceptors (Lipinski definition) is 6. The van der Waals surface area contributed by atoms with Gasteiger partial charge in [-0.25, -0.2) is 8.42 Å². The van der Waals surface area contributed by atoms with Crippen molar-refractivity contribution in [3.05, 3.63) is 24.3 Å². The molecule has 1 spiro atoms. The van der Waals surface area contributed by atoms with Gasteiger partial charge in [0.2, 0.25) is 10.0 Å². The fourth-order valence-corrected chi connectivity index (χ4v) is 5.90. The zero-order valence-corrected chi connectivity index (χ0v) is 17.0. The van der Waals surface area contributed by atoms with Crippen LogP contribution in [-0.2, 0) is 19.5 Å². The molecule has 1 aromatic carbocycles. The molecule has 0 aliphatic carbocycles. The number of nitrogens with zero attached hydrogens (tertiary/aromatic N) is 2. The maximum atomic E-state index is 13.1. The van der Waals surface area contributed by atoms with Crippen LogP contribution in [0, 0.1) is 0 Å². The van der Waals surface area contributed by atoms with Crippen LogP contribution in [0.4, 0.5) is 8.78 Å². The van der Waals surface area contributed by atoms with Crippen LogP contribution in [-0.4, -0.2) is 81.9 Å². The molecule has 4 rings (SSSR count). The van der Waals surface area contributed by atoms with Gasteiger partial charge in [-0.1, -0.05) is 0 Å². The molecule has 0 aromatic heterocycles. The lowest BCUT2D eigenvalue weighted by Crippen LogP contribution is -2.55. The second-order valence-electron chi connectivity index (χ2n) is 7.81. The first kappa shape index (κ1) is 20.9. The third-order valence-electron chi connectivity index (χ3n) is 5.90. The average molecular weight is 432 g/mol. The molecule has 0 bridgehead atoms. The quantitative estimate of drug-likeness (QED) is 0.708. The molecular formula is C19H26F2N2O5S. The molecule has 3 aliphatic rings. The molecule has 29 heavy (non-hydrogen) atoms. The minimum absolute atomic E-state index is 0.0618. The van der Waals surface area contributed by atoms with Gasteiger partial charge in [-0.15, -0.1) is 0 Å². The van der Waals surface area contributed by atoms with E-state index in [0.29, 0.717) is 25.8 Å². The van der Waals surface area contributed by atoms with E-state index < -0.39 is 22.2 Å². The first-order valence-electron chi connectivity index (χ1n) is 9.89. The minimum atomic E-state index is -3.75. The summed E-state index contributed by atoms with van der Waals surface area (Å²) in [6, 6.07) is 5.46. The molecule has 10 heteroatoms. The summed E-state index contributed by atoms with van der Waals surface area (Å²) in [5.41, 5.74) is -0.512. The second-order valence-corrected chi connectivity index (χ2v) is 9.75. The van der Waals surface area contributed by atoms with Gasteiger partial charge in [0, 0.05) is 38.8 Å². The van der Waals surface area contributed by atoms with Crippen molar-refractivity contribution >= 4 is 10.0 Å². The number of ether oxygens (including phenoxy) is 3. The first-order chi connectivity index (χ1) is 13.9. The van der Waals surface area contributed by atoms with Gasteiger partial charge in [-0.2, -0.15) is 13.1 Å². The van der Waals surface area contributed by atoms with E-state index in [4.69, 9.17) is 9.47 Å². The lowest BCUT2D eigenvalue weighted by atomic mass is 10.0. The normalized spacial score (nSPS) is 29.6. The molecule has 0 saturated carbocycles. The summed E-state index contributed by atoms with van der Waals surface area (Å²) in [6.07, 6.45) is 2.91. The Kier molecular flexibility index (Phi) is 6.08. The molecule has 0 radical (unpaired) electrons. The van der Waals surface area contributed by atoms with Gasteiger partial charge in [-0.05, 0) is 43.5 Å². The first-order valence-corrected chi connectivity index (χ1v) is 11.3. The van der Waals surface area contributed by atoms with Crippen molar-refractivity contribution in [3.8, 4) is 5.75 Å². The van der Waals surface area contributed by atoms with Crippen LogP contribution in [0.2, 0.25) is 0 Å². The highest BCUT2D eigenvalue weighted by molar-refractivity contribution is 7.89. The third kappa shape index (κ3) is 4.56. The van der Waals surface area contributed by atoms with Crippen LogP contribution in [0.15, 0.2) is 29.2 Å². The molecule has 0 amide bonds. The molecule has 0 N–H and O–H groups in total. The molecule has 3 saturated heterocycles. The van der Waals surface area contributed by atoms with Gasteiger partial charge >= 0.3 is 6.61 Å². The molecule has 3 fully saturated rings. The van der Waals surface area contributed by atoms with Gasteiger partial charge in [0.15, 0.2) is 0 Å². The molecule has 3 aliphatic heterocycles. The Balaban J connectivity index is 1.45. The highest BCUT2D eigenvalue weighted by atomic mass is 32.2. The van der Waals surface area contributed by atoms with Crippen LogP contribution < -0.4 is 4.74 Å². The Morgan fingerprint density at radius 2 is 1.93 bits per heavy atom. The molecule has 0 unspecified atom stereocenters. The Morgan fingerprint density at radius 3 is 2.62 bits per heavy atom. The molecule has 1 aromatic rings. The van der Waals surface area contributed by atoms with E-state index in [-0.39, 0.29) is 23.7 Å². The lowest BCUT2D eigenvalue weighted by Gasteiger charge is -2.40. The van der Waals surface area contributed by atoms with Crippen molar-refractivity contribution in [1.82, 2.24) is 9.21 Å². The van der Waals surface area contributed by atoms with Crippen molar-refractivity contribution in [2.45, 2.75) is 42.4 Å². The average Bonchev–Trinajstić information content (AvgIpc) is 3.12. The number of alkyl halides is 2. The predicted octanol–water partition coefficient (Wildman–Crippen LogP) is 1.93. The summed E-state index contributed by atoms with van der Waals surface area (Å²) in [4.78, 5) is 2.41. The predicted molar refractivity (Wildman–Crippen MR) is 101 cm³/mol. The molecular weight excluding hydrogens is 406 g/mol. The maximum absolute atomic E-state index is 13.1. The van der Waals surface area contributed by atoms with Crippen molar-refractivity contribution in [1.29, 1.82) is 0 Å². The van der Waals surface area contributed by atoms with E-state index in [1.165, 1.54) is 28.6 Å². The third-order valence-corrected chi connectivity index (χ3v) is 7.76. The largest absolute Gasteiger partial charge is 0.435 e. The molecule has 7 nitrogen and oxygen atoms in total. The summed E-state index contributed by atoms with van der Waals surface area (Å²) in [5.74, 6) is -0.0708. The van der Waals surface area contributed by atoms with Crippen LogP contribution in [0.5, 0.6) is 5.75 Å². The van der Waals surface area contributed by atoms with E-state index in [1.54, 1.807) is 0 Å². The lowest BCUT2D eigenvalue weighted by molar-refractivity contribution is -0.0856. The highest BCUT2D eigenvalue weighted by Gasteiger charge is 2.47. The van der Waals surface area contributed by atoms with Crippen LogP contribution in [0.25, 0.3) is 0 Å². The number of likely N-dealkylation sites (tertiary alicyclic amines) is 1. The van der Waals surface area contributed by atoms with Gasteiger partial charge in [0.1, 0.15) is 5.75 Å². The van der Waals surface area contributed by atoms with Gasteiger partial charge < -0.3 is 14.2 Å². The number of morpholine rings is 1. The Labute approximate surface area is 169 Å². The second kappa shape index (κ2) is 8.43. The van der Waals surface area contributed by atoms with Crippen molar-refractivity contribution < 1.29 is 31.4 Å². The topological polar surface area (TPSA) is 68.3 Å². The summed E-state index contributed by atoms with van der Waals surface area (Å²) in [7, 11) is -3.75. The maximum Gasteiger partial charge on any atom is 0.387 e. The Hall–Kier alpha value is -1.33. The van der Waals surface area contributed by atoms with Crippen LogP contribution in [0.3, 0.4) is 0 Å². The summed E-state index contributed by atoms with van der Waals surface area (Å²) >= 11 is 0. The standard InChI is InChI=1S/C19H26F2N2O5S/c20-18(21)28-16-3-5-17(6-4-16)29(24,25)23-9-11-27-19(14-23)7-8-22(13-19)15-2-1-10-26-12-15/h3-6,15,18H,1-2,7-14H2/t15-,19+/m0/s1. The molecule has 2 atom stereocenters. The number of sulfonamides is 1. The van der Waals surface area contributed by atoms with E-state index in [1.807, 2.05) is 0 Å².